The minimum Gasteiger partial charge on any atom is -0.464 e. The van der Waals surface area contributed by atoms with E-state index in [2.05, 4.69) is 4.90 Å². The second kappa shape index (κ2) is 8.15. The lowest BCUT2D eigenvalue weighted by Gasteiger charge is -2.28. The summed E-state index contributed by atoms with van der Waals surface area (Å²) in [6.45, 7) is 6.43. The Bertz CT molecular complexity index is 1190. The Balaban J connectivity index is 1.52. The van der Waals surface area contributed by atoms with Crippen LogP contribution in [0.1, 0.15) is 40.1 Å². The van der Waals surface area contributed by atoms with E-state index >= 15 is 0 Å². The van der Waals surface area contributed by atoms with Gasteiger partial charge in [0.1, 0.15) is 23.1 Å². The van der Waals surface area contributed by atoms with Crippen molar-refractivity contribution in [3.05, 3.63) is 68.4 Å². The molecule has 7 nitrogen and oxygen atoms in total. The first-order valence-corrected chi connectivity index (χ1v) is 10.8. The van der Waals surface area contributed by atoms with E-state index in [4.69, 9.17) is 25.2 Å². The van der Waals surface area contributed by atoms with Crippen molar-refractivity contribution in [1.82, 2.24) is 9.80 Å². The van der Waals surface area contributed by atoms with Crippen LogP contribution >= 0.6 is 11.6 Å². The van der Waals surface area contributed by atoms with Crippen LogP contribution in [0.2, 0.25) is 5.02 Å². The fraction of sp³-hybridized carbons (Fsp3) is 0.391. The number of nitrogens with zero attached hydrogens (tertiary/aromatic N) is 2. The van der Waals surface area contributed by atoms with Gasteiger partial charge in [-0.1, -0.05) is 11.6 Å². The zero-order valence-corrected chi connectivity index (χ0v) is 18.0. The van der Waals surface area contributed by atoms with Gasteiger partial charge in [0.25, 0.3) is 5.91 Å². The van der Waals surface area contributed by atoms with Crippen LogP contribution < -0.4 is 5.43 Å². The van der Waals surface area contributed by atoms with Crippen molar-refractivity contribution < 1.29 is 18.4 Å². The Hall–Kier alpha value is -2.61. The monoisotopic (exact) mass is 442 g/mol. The molecule has 1 atom stereocenters. The molecule has 31 heavy (non-hydrogen) atoms. The van der Waals surface area contributed by atoms with Crippen LogP contribution in [0.5, 0.6) is 0 Å². The Kier molecular flexibility index (Phi) is 5.33. The van der Waals surface area contributed by atoms with Gasteiger partial charge in [-0.3, -0.25) is 14.5 Å². The molecule has 0 N–H and O–H groups in total. The molecule has 1 saturated heterocycles. The molecular formula is C23H23ClN2O5. The summed E-state index contributed by atoms with van der Waals surface area (Å²) in [5.41, 5.74) is 0.424. The summed E-state index contributed by atoms with van der Waals surface area (Å²) in [6.07, 6.45) is 0.773. The highest BCUT2D eigenvalue weighted by atomic mass is 35.5. The number of ether oxygens (including phenoxy) is 1. The number of carbonyl (C=O) groups excluding carboxylic acids is 1. The second-order valence-corrected chi connectivity index (χ2v) is 8.41. The summed E-state index contributed by atoms with van der Waals surface area (Å²) in [4.78, 5) is 30.7. The third kappa shape index (κ3) is 3.67. The van der Waals surface area contributed by atoms with Crippen LogP contribution in [0.15, 0.2) is 44.0 Å². The van der Waals surface area contributed by atoms with Gasteiger partial charge in [0.15, 0.2) is 5.43 Å². The van der Waals surface area contributed by atoms with Crippen molar-refractivity contribution in [1.29, 1.82) is 0 Å². The lowest BCUT2D eigenvalue weighted by Crippen LogP contribution is -2.38. The van der Waals surface area contributed by atoms with Gasteiger partial charge in [-0.05, 0) is 43.7 Å². The maximum absolute atomic E-state index is 13.4. The van der Waals surface area contributed by atoms with Crippen LogP contribution in [0, 0.1) is 6.92 Å². The lowest BCUT2D eigenvalue weighted by atomic mass is 10.0. The van der Waals surface area contributed by atoms with Gasteiger partial charge in [-0.2, -0.15) is 0 Å². The highest BCUT2D eigenvalue weighted by Crippen LogP contribution is 2.39. The van der Waals surface area contributed by atoms with Crippen LogP contribution in [0.3, 0.4) is 0 Å². The van der Waals surface area contributed by atoms with Crippen LogP contribution in [0.4, 0.5) is 0 Å². The number of furan rings is 1. The molecule has 1 amide bonds. The predicted molar refractivity (Wildman–Crippen MR) is 116 cm³/mol. The quantitative estimate of drug-likeness (QED) is 0.600. The van der Waals surface area contributed by atoms with E-state index in [9.17, 15) is 9.59 Å². The summed E-state index contributed by atoms with van der Waals surface area (Å²) < 4.78 is 17.2. The van der Waals surface area contributed by atoms with Gasteiger partial charge in [-0.15, -0.1) is 0 Å². The molecule has 2 aromatic heterocycles. The number of hydrogen-bond donors (Lipinski definition) is 0. The molecule has 0 spiro atoms. The number of carbonyl (C=O) groups is 1. The van der Waals surface area contributed by atoms with Gasteiger partial charge < -0.3 is 18.5 Å². The number of fused-ring (bicyclic) bond motifs is 2. The molecule has 0 bridgehead atoms. The van der Waals surface area contributed by atoms with Gasteiger partial charge in [0, 0.05) is 31.2 Å². The van der Waals surface area contributed by atoms with E-state index in [-0.39, 0.29) is 17.1 Å². The number of aryl methyl sites for hydroxylation is 1. The molecule has 1 fully saturated rings. The highest BCUT2D eigenvalue weighted by Gasteiger charge is 2.44. The van der Waals surface area contributed by atoms with Crippen molar-refractivity contribution in [3.63, 3.8) is 0 Å². The van der Waals surface area contributed by atoms with E-state index in [1.807, 2.05) is 19.1 Å². The Morgan fingerprint density at radius 1 is 1.06 bits per heavy atom. The van der Waals surface area contributed by atoms with Gasteiger partial charge in [0.05, 0.1) is 24.2 Å². The van der Waals surface area contributed by atoms with E-state index < -0.39 is 6.04 Å². The predicted octanol–water partition coefficient (Wildman–Crippen LogP) is 3.62. The van der Waals surface area contributed by atoms with Gasteiger partial charge in [0.2, 0.25) is 5.76 Å². The smallest absolute Gasteiger partial charge is 0.291 e. The first-order valence-electron chi connectivity index (χ1n) is 10.5. The van der Waals surface area contributed by atoms with Crippen molar-refractivity contribution in [3.8, 4) is 0 Å². The number of amides is 1. The van der Waals surface area contributed by atoms with Crippen LogP contribution in [-0.4, -0.2) is 55.1 Å². The Labute approximate surface area is 184 Å². The average Bonchev–Trinajstić information content (AvgIpc) is 3.31. The Morgan fingerprint density at radius 3 is 2.61 bits per heavy atom. The molecule has 5 rings (SSSR count). The normalized spacial score (nSPS) is 19.4. The third-order valence-corrected chi connectivity index (χ3v) is 6.17. The first-order chi connectivity index (χ1) is 15.0. The summed E-state index contributed by atoms with van der Waals surface area (Å²) in [7, 11) is 0. The summed E-state index contributed by atoms with van der Waals surface area (Å²) in [6, 6.07) is 7.90. The maximum Gasteiger partial charge on any atom is 0.291 e. The lowest BCUT2D eigenvalue weighted by molar-refractivity contribution is 0.0352. The third-order valence-electron chi connectivity index (χ3n) is 5.94. The maximum atomic E-state index is 13.4. The zero-order chi connectivity index (χ0) is 21.5. The first kappa shape index (κ1) is 20.3. The molecule has 3 aromatic rings. The molecule has 2 aliphatic heterocycles. The number of halogens is 1. The molecule has 0 unspecified atom stereocenters. The van der Waals surface area contributed by atoms with E-state index in [1.165, 1.54) is 0 Å². The van der Waals surface area contributed by atoms with Gasteiger partial charge >= 0.3 is 0 Å². The van der Waals surface area contributed by atoms with Gasteiger partial charge in [-0.25, -0.2) is 0 Å². The molecule has 2 aliphatic rings. The second-order valence-electron chi connectivity index (χ2n) is 7.97. The van der Waals surface area contributed by atoms with Crippen molar-refractivity contribution in [2.45, 2.75) is 19.4 Å². The summed E-state index contributed by atoms with van der Waals surface area (Å²) in [5, 5.41) is 0.805. The molecule has 0 saturated carbocycles. The summed E-state index contributed by atoms with van der Waals surface area (Å²) >= 11 is 6.11. The fourth-order valence-corrected chi connectivity index (χ4v) is 4.58. The topological polar surface area (TPSA) is 76.1 Å². The number of rotatable bonds is 5. The highest BCUT2D eigenvalue weighted by molar-refractivity contribution is 6.31. The van der Waals surface area contributed by atoms with Crippen LogP contribution in [0.25, 0.3) is 11.0 Å². The number of morpholine rings is 1. The molecule has 0 radical (unpaired) electrons. The van der Waals surface area contributed by atoms with Crippen molar-refractivity contribution in [2.24, 2.45) is 0 Å². The minimum absolute atomic E-state index is 0.0882. The van der Waals surface area contributed by atoms with Crippen LogP contribution in [-0.2, 0) is 4.74 Å². The molecule has 0 aliphatic carbocycles. The summed E-state index contributed by atoms with van der Waals surface area (Å²) in [5.74, 6) is 1.08. The zero-order valence-electron chi connectivity index (χ0n) is 17.2. The molecule has 162 valence electrons. The minimum atomic E-state index is -0.611. The molecule has 1 aromatic carbocycles. The molecule has 4 heterocycles. The average molecular weight is 443 g/mol. The van der Waals surface area contributed by atoms with E-state index in [0.29, 0.717) is 33.9 Å². The van der Waals surface area contributed by atoms with E-state index in [0.717, 1.165) is 45.0 Å². The number of benzene rings is 1. The van der Waals surface area contributed by atoms with Crippen molar-refractivity contribution in [2.75, 3.05) is 39.4 Å². The largest absolute Gasteiger partial charge is 0.464 e. The number of hydrogen-bond acceptors (Lipinski definition) is 6. The Morgan fingerprint density at radius 2 is 1.87 bits per heavy atom. The molecule has 8 heteroatoms. The molecular weight excluding hydrogens is 420 g/mol. The van der Waals surface area contributed by atoms with E-state index in [1.54, 1.807) is 23.1 Å². The standard InChI is InChI=1S/C23H23ClN2O5/c1-14-3-5-18(30-14)20-19-21(27)16-13-15(24)4-6-17(16)31-22(19)23(28)26(20)8-2-7-25-9-11-29-12-10-25/h3-6,13,20H,2,7-12H2,1H3/t20-/m1/s1. The fourth-order valence-electron chi connectivity index (χ4n) is 4.41. The SMILES string of the molecule is Cc1ccc([C@@H]2c3c(oc4ccc(Cl)cc4c3=O)C(=O)N2CCCN2CCOCC2)o1. The van der Waals surface area contributed by atoms with Crippen molar-refractivity contribution >= 4 is 28.5 Å².